The van der Waals surface area contributed by atoms with Crippen molar-refractivity contribution in [3.63, 3.8) is 0 Å². The summed E-state index contributed by atoms with van der Waals surface area (Å²) >= 11 is 0. The summed E-state index contributed by atoms with van der Waals surface area (Å²) in [6, 6.07) is 3.20. The largest absolute Gasteiger partial charge is 0.480 e. The van der Waals surface area contributed by atoms with E-state index in [2.05, 4.69) is 9.88 Å². The van der Waals surface area contributed by atoms with Crippen LogP contribution in [0, 0.1) is 0 Å². The minimum absolute atomic E-state index is 0.437. The summed E-state index contributed by atoms with van der Waals surface area (Å²) in [7, 11) is 0. The van der Waals surface area contributed by atoms with Crippen LogP contribution in [0.3, 0.4) is 0 Å². The Balaban J connectivity index is 1.99. The molecule has 1 saturated heterocycles. The van der Waals surface area contributed by atoms with Crippen LogP contribution < -0.4 is 10.6 Å². The van der Waals surface area contributed by atoms with Crippen molar-refractivity contribution in [3.8, 4) is 0 Å². The molecule has 0 aliphatic carbocycles. The van der Waals surface area contributed by atoms with Crippen LogP contribution in [-0.4, -0.2) is 53.2 Å². The quantitative estimate of drug-likeness (QED) is 0.800. The van der Waals surface area contributed by atoms with Crippen molar-refractivity contribution in [2.45, 2.75) is 13.0 Å². The van der Waals surface area contributed by atoms with Crippen LogP contribution in [0.4, 0.5) is 11.5 Å². The molecule has 0 radical (unpaired) electrons. The van der Waals surface area contributed by atoms with Crippen LogP contribution in [0.1, 0.15) is 6.92 Å². The van der Waals surface area contributed by atoms with Gasteiger partial charge in [-0.25, -0.2) is 4.98 Å². The Morgan fingerprint density at radius 1 is 1.44 bits per heavy atom. The van der Waals surface area contributed by atoms with Gasteiger partial charge in [0.05, 0.1) is 5.69 Å². The second-order valence-corrected chi connectivity index (χ2v) is 4.45. The van der Waals surface area contributed by atoms with E-state index in [1.54, 1.807) is 13.1 Å². The number of carbonyl (C=O) groups is 1. The van der Waals surface area contributed by atoms with Crippen molar-refractivity contribution >= 4 is 17.5 Å². The third-order valence-corrected chi connectivity index (χ3v) is 3.34. The summed E-state index contributed by atoms with van der Waals surface area (Å²) in [4.78, 5) is 19.2. The van der Waals surface area contributed by atoms with Crippen molar-refractivity contribution in [2.24, 2.45) is 0 Å². The first-order valence-electron chi connectivity index (χ1n) is 6.02. The monoisotopic (exact) mass is 250 g/mol. The molecule has 1 aromatic heterocycles. The summed E-state index contributed by atoms with van der Waals surface area (Å²) in [5, 5.41) is 8.97. The number of anilines is 2. The lowest BCUT2D eigenvalue weighted by atomic mass is 10.2. The van der Waals surface area contributed by atoms with Gasteiger partial charge in [0.2, 0.25) is 0 Å². The Bertz CT molecular complexity index is 430. The SMILES string of the molecule is CC(C(=O)O)N1CCN(c2ncccc2N)CC1. The molecule has 2 rings (SSSR count). The van der Waals surface area contributed by atoms with E-state index in [9.17, 15) is 4.79 Å². The molecule has 0 amide bonds. The second-order valence-electron chi connectivity index (χ2n) is 4.45. The number of aliphatic carboxylic acids is 1. The van der Waals surface area contributed by atoms with E-state index < -0.39 is 12.0 Å². The van der Waals surface area contributed by atoms with E-state index in [1.165, 1.54) is 0 Å². The van der Waals surface area contributed by atoms with Crippen LogP contribution in [-0.2, 0) is 4.79 Å². The highest BCUT2D eigenvalue weighted by atomic mass is 16.4. The zero-order valence-corrected chi connectivity index (χ0v) is 10.4. The van der Waals surface area contributed by atoms with Crippen LogP contribution in [0.25, 0.3) is 0 Å². The number of nitrogens with zero attached hydrogens (tertiary/aromatic N) is 3. The van der Waals surface area contributed by atoms with Gasteiger partial charge < -0.3 is 15.7 Å². The summed E-state index contributed by atoms with van der Waals surface area (Å²) < 4.78 is 0. The van der Waals surface area contributed by atoms with Gasteiger partial charge in [-0.3, -0.25) is 9.69 Å². The second kappa shape index (κ2) is 5.22. The number of hydrogen-bond donors (Lipinski definition) is 2. The zero-order chi connectivity index (χ0) is 13.1. The lowest BCUT2D eigenvalue weighted by Gasteiger charge is -2.37. The molecule has 3 N–H and O–H groups in total. The normalized spacial score (nSPS) is 18.6. The highest BCUT2D eigenvalue weighted by molar-refractivity contribution is 5.73. The summed E-state index contributed by atoms with van der Waals surface area (Å²) in [5.74, 6) is 0.0147. The topological polar surface area (TPSA) is 82.7 Å². The molecule has 1 aromatic rings. The fourth-order valence-corrected chi connectivity index (χ4v) is 2.15. The average Bonchev–Trinajstić information content (AvgIpc) is 2.38. The van der Waals surface area contributed by atoms with Crippen molar-refractivity contribution in [1.82, 2.24) is 9.88 Å². The first-order valence-corrected chi connectivity index (χ1v) is 6.02. The third-order valence-electron chi connectivity index (χ3n) is 3.34. The van der Waals surface area contributed by atoms with Gasteiger partial charge in [0.1, 0.15) is 6.04 Å². The maximum atomic E-state index is 10.9. The summed E-state index contributed by atoms with van der Waals surface area (Å²) in [6.07, 6.45) is 1.72. The Kier molecular flexibility index (Phi) is 3.66. The van der Waals surface area contributed by atoms with E-state index in [4.69, 9.17) is 10.8 Å². The van der Waals surface area contributed by atoms with Gasteiger partial charge in [0.15, 0.2) is 5.82 Å². The number of pyridine rings is 1. The molecule has 0 spiro atoms. The highest BCUT2D eigenvalue weighted by Crippen LogP contribution is 2.20. The molecular weight excluding hydrogens is 232 g/mol. The molecule has 0 aromatic carbocycles. The lowest BCUT2D eigenvalue weighted by molar-refractivity contribution is -0.142. The first kappa shape index (κ1) is 12.6. The van der Waals surface area contributed by atoms with Gasteiger partial charge in [0, 0.05) is 32.4 Å². The maximum Gasteiger partial charge on any atom is 0.320 e. The molecule has 18 heavy (non-hydrogen) atoms. The van der Waals surface area contributed by atoms with E-state index in [0.29, 0.717) is 18.8 Å². The highest BCUT2D eigenvalue weighted by Gasteiger charge is 2.26. The molecule has 1 fully saturated rings. The van der Waals surface area contributed by atoms with E-state index in [1.807, 2.05) is 17.0 Å². The number of aromatic nitrogens is 1. The number of piperazine rings is 1. The van der Waals surface area contributed by atoms with Gasteiger partial charge in [-0.1, -0.05) is 0 Å². The smallest absolute Gasteiger partial charge is 0.320 e. The fourth-order valence-electron chi connectivity index (χ4n) is 2.15. The first-order chi connectivity index (χ1) is 8.59. The minimum atomic E-state index is -0.777. The lowest BCUT2D eigenvalue weighted by Crippen LogP contribution is -2.52. The number of carboxylic acids is 1. The molecule has 6 nitrogen and oxygen atoms in total. The van der Waals surface area contributed by atoms with Crippen molar-refractivity contribution in [2.75, 3.05) is 36.8 Å². The van der Waals surface area contributed by atoms with Crippen LogP contribution in [0.15, 0.2) is 18.3 Å². The van der Waals surface area contributed by atoms with Gasteiger partial charge in [-0.05, 0) is 19.1 Å². The van der Waals surface area contributed by atoms with Crippen LogP contribution in [0.5, 0.6) is 0 Å². The Hall–Kier alpha value is -1.82. The molecule has 0 saturated carbocycles. The van der Waals surface area contributed by atoms with Gasteiger partial charge in [0.25, 0.3) is 0 Å². The van der Waals surface area contributed by atoms with E-state index >= 15 is 0 Å². The predicted molar refractivity (Wildman–Crippen MR) is 69.5 cm³/mol. The predicted octanol–water partition coefficient (Wildman–Crippen LogP) is 0.259. The van der Waals surface area contributed by atoms with E-state index in [0.717, 1.165) is 18.9 Å². The number of nitrogen functional groups attached to an aromatic ring is 1. The Morgan fingerprint density at radius 2 is 2.11 bits per heavy atom. The molecule has 1 aliphatic heterocycles. The van der Waals surface area contributed by atoms with E-state index in [-0.39, 0.29) is 0 Å². The van der Waals surface area contributed by atoms with Crippen LogP contribution in [0.2, 0.25) is 0 Å². The minimum Gasteiger partial charge on any atom is -0.480 e. The standard InChI is InChI=1S/C12H18N4O2/c1-9(12(17)18)15-5-7-16(8-6-15)11-10(13)3-2-4-14-11/h2-4,9H,5-8,13H2,1H3,(H,17,18). The van der Waals surface area contributed by atoms with Crippen LogP contribution >= 0.6 is 0 Å². The molecule has 98 valence electrons. The summed E-state index contributed by atoms with van der Waals surface area (Å²) in [5.41, 5.74) is 6.55. The average molecular weight is 250 g/mol. The van der Waals surface area contributed by atoms with Crippen molar-refractivity contribution < 1.29 is 9.90 Å². The molecule has 1 aliphatic rings. The van der Waals surface area contributed by atoms with Gasteiger partial charge in [-0.15, -0.1) is 0 Å². The number of hydrogen-bond acceptors (Lipinski definition) is 5. The number of carboxylic acid groups (broad SMARTS) is 1. The zero-order valence-electron chi connectivity index (χ0n) is 10.4. The maximum absolute atomic E-state index is 10.9. The third kappa shape index (κ3) is 2.53. The fraction of sp³-hybridized carbons (Fsp3) is 0.500. The Labute approximate surface area is 106 Å². The molecule has 1 atom stereocenters. The van der Waals surface area contributed by atoms with Gasteiger partial charge in [-0.2, -0.15) is 0 Å². The van der Waals surface area contributed by atoms with Crippen molar-refractivity contribution in [1.29, 1.82) is 0 Å². The number of rotatable bonds is 3. The van der Waals surface area contributed by atoms with Crippen molar-refractivity contribution in [3.05, 3.63) is 18.3 Å². The summed E-state index contributed by atoms with van der Waals surface area (Å²) in [6.45, 7) is 4.64. The molecule has 0 bridgehead atoms. The molecule has 6 heteroatoms. The number of nitrogens with two attached hydrogens (primary N) is 1. The molecular formula is C12H18N4O2. The molecule has 2 heterocycles. The molecule has 1 unspecified atom stereocenters. The Morgan fingerprint density at radius 3 is 2.67 bits per heavy atom. The van der Waals surface area contributed by atoms with Gasteiger partial charge >= 0.3 is 5.97 Å².